The lowest BCUT2D eigenvalue weighted by molar-refractivity contribution is 0.0394. The van der Waals surface area contributed by atoms with Gasteiger partial charge in [0.1, 0.15) is 17.2 Å². The van der Waals surface area contributed by atoms with E-state index in [2.05, 4.69) is 15.1 Å². The fraction of sp³-hybridized carbons (Fsp3) is 0.240. The molecule has 5 rings (SSSR count). The van der Waals surface area contributed by atoms with Gasteiger partial charge in [0.25, 0.3) is 0 Å². The van der Waals surface area contributed by atoms with Crippen LogP contribution in [0.4, 0.5) is 4.39 Å². The van der Waals surface area contributed by atoms with Crippen molar-refractivity contribution in [3.05, 3.63) is 89.3 Å². The maximum Gasteiger partial charge on any atom is 0.174 e. The minimum absolute atomic E-state index is 0.340. The van der Waals surface area contributed by atoms with E-state index in [0.717, 1.165) is 29.1 Å². The molecule has 1 N–H and O–H groups in total. The average Bonchev–Trinajstić information content (AvgIpc) is 3.45. The summed E-state index contributed by atoms with van der Waals surface area (Å²) < 4.78 is 22.6. The van der Waals surface area contributed by atoms with Gasteiger partial charge in [0.05, 0.1) is 24.8 Å². The maximum absolute atomic E-state index is 13.4. The Morgan fingerprint density at radius 2 is 1.97 bits per heavy atom. The Labute approximate surface area is 190 Å². The van der Waals surface area contributed by atoms with E-state index in [-0.39, 0.29) is 5.82 Å². The first kappa shape index (κ1) is 21.1. The van der Waals surface area contributed by atoms with E-state index < -0.39 is 5.60 Å². The second-order valence-corrected chi connectivity index (χ2v) is 8.17. The first-order valence-corrected chi connectivity index (χ1v) is 10.8. The quantitative estimate of drug-likeness (QED) is 0.500. The summed E-state index contributed by atoms with van der Waals surface area (Å²) in [5.74, 6) is 1.36. The summed E-state index contributed by atoms with van der Waals surface area (Å²) in [5, 5.41) is 16.0. The number of aliphatic hydroxyl groups is 1. The maximum atomic E-state index is 13.4. The number of imidazole rings is 1. The van der Waals surface area contributed by atoms with Crippen LogP contribution in [0.1, 0.15) is 41.3 Å². The highest BCUT2D eigenvalue weighted by Gasteiger charge is 2.39. The van der Waals surface area contributed by atoms with Crippen LogP contribution in [-0.2, 0) is 12.1 Å². The van der Waals surface area contributed by atoms with Gasteiger partial charge < -0.3 is 14.4 Å². The third-order valence-electron chi connectivity index (χ3n) is 5.91. The summed E-state index contributed by atoms with van der Waals surface area (Å²) in [6.45, 7) is 2.61. The molecule has 0 aliphatic carbocycles. The molecule has 0 saturated heterocycles. The molecule has 0 spiro atoms. The Hall–Kier alpha value is -3.78. The van der Waals surface area contributed by atoms with E-state index >= 15 is 0 Å². The zero-order valence-electron chi connectivity index (χ0n) is 18.4. The van der Waals surface area contributed by atoms with Gasteiger partial charge in [-0.1, -0.05) is 24.3 Å². The third kappa shape index (κ3) is 3.93. The molecular weight excluding hydrogens is 421 g/mol. The Balaban J connectivity index is 1.43. The van der Waals surface area contributed by atoms with Crippen molar-refractivity contribution in [1.82, 2.24) is 24.3 Å². The van der Waals surface area contributed by atoms with Crippen LogP contribution in [0.2, 0.25) is 0 Å². The Kier molecular flexibility index (Phi) is 5.30. The molecule has 33 heavy (non-hydrogen) atoms. The van der Waals surface area contributed by atoms with E-state index in [9.17, 15) is 9.50 Å². The molecule has 4 aromatic rings. The van der Waals surface area contributed by atoms with Crippen LogP contribution in [0, 0.1) is 12.7 Å². The first-order chi connectivity index (χ1) is 16.0. The number of fused-ring (bicyclic) bond motifs is 1. The lowest BCUT2D eigenvalue weighted by Crippen LogP contribution is -2.35. The summed E-state index contributed by atoms with van der Waals surface area (Å²) in [4.78, 5) is 8.88. The highest BCUT2D eigenvalue weighted by Crippen LogP contribution is 2.36. The van der Waals surface area contributed by atoms with Crippen molar-refractivity contribution in [3.63, 3.8) is 0 Å². The number of ether oxygens (including phenoxy) is 1. The molecule has 1 atom stereocenters. The van der Waals surface area contributed by atoms with Crippen molar-refractivity contribution in [1.29, 1.82) is 0 Å². The fourth-order valence-corrected chi connectivity index (χ4v) is 4.22. The van der Waals surface area contributed by atoms with Crippen molar-refractivity contribution < 1.29 is 14.2 Å². The minimum Gasteiger partial charge on any atom is -0.495 e. The van der Waals surface area contributed by atoms with Crippen LogP contribution in [0.25, 0.3) is 17.8 Å². The third-order valence-corrected chi connectivity index (χ3v) is 5.91. The van der Waals surface area contributed by atoms with E-state index in [0.29, 0.717) is 30.2 Å². The van der Waals surface area contributed by atoms with Gasteiger partial charge in [0.15, 0.2) is 11.6 Å². The summed E-state index contributed by atoms with van der Waals surface area (Å²) in [6.07, 6.45) is 8.67. The molecular formula is C25H24FN5O2. The summed E-state index contributed by atoms with van der Waals surface area (Å²) in [7, 11) is 1.64. The summed E-state index contributed by atoms with van der Waals surface area (Å²) in [6, 6.07) is 11.8. The molecule has 2 aromatic heterocycles. The molecule has 1 unspecified atom stereocenters. The van der Waals surface area contributed by atoms with Crippen molar-refractivity contribution in [2.45, 2.75) is 31.9 Å². The molecule has 1 aliphatic heterocycles. The molecule has 1 aliphatic rings. The molecule has 8 heteroatoms. The van der Waals surface area contributed by atoms with Crippen molar-refractivity contribution in [2.24, 2.45) is 0 Å². The van der Waals surface area contributed by atoms with Gasteiger partial charge in [-0.05, 0) is 61.2 Å². The number of rotatable bonds is 5. The SMILES string of the molecule is COc1cc(/C=C/c2nc3n(n2)CCCC3(O)c2ccc(F)cc2)ccc1-n1cnc(C)c1. The molecule has 0 radical (unpaired) electrons. The number of benzene rings is 2. The number of aromatic nitrogens is 5. The van der Waals surface area contributed by atoms with Gasteiger partial charge >= 0.3 is 0 Å². The van der Waals surface area contributed by atoms with Gasteiger partial charge in [0.2, 0.25) is 0 Å². The van der Waals surface area contributed by atoms with Crippen molar-refractivity contribution >= 4 is 12.2 Å². The van der Waals surface area contributed by atoms with Crippen LogP contribution in [-0.4, -0.2) is 36.5 Å². The van der Waals surface area contributed by atoms with Crippen molar-refractivity contribution in [3.8, 4) is 11.4 Å². The predicted molar refractivity (Wildman–Crippen MR) is 122 cm³/mol. The minimum atomic E-state index is -1.29. The van der Waals surface area contributed by atoms with Crippen LogP contribution >= 0.6 is 0 Å². The molecule has 0 bridgehead atoms. The monoisotopic (exact) mass is 445 g/mol. The van der Waals surface area contributed by atoms with Crippen LogP contribution in [0.5, 0.6) is 5.75 Å². The molecule has 0 amide bonds. The summed E-state index contributed by atoms with van der Waals surface area (Å²) in [5.41, 5.74) is 2.07. The second-order valence-electron chi connectivity index (χ2n) is 8.17. The van der Waals surface area contributed by atoms with Gasteiger partial charge in [-0.25, -0.2) is 19.0 Å². The molecule has 168 valence electrons. The van der Waals surface area contributed by atoms with Crippen molar-refractivity contribution in [2.75, 3.05) is 7.11 Å². The molecule has 0 saturated carbocycles. The Morgan fingerprint density at radius 1 is 1.15 bits per heavy atom. The Morgan fingerprint density at radius 3 is 2.70 bits per heavy atom. The topological polar surface area (TPSA) is 78.0 Å². The molecule has 0 fully saturated rings. The number of nitrogens with zero attached hydrogens (tertiary/aromatic N) is 5. The lowest BCUT2D eigenvalue weighted by Gasteiger charge is -2.31. The fourth-order valence-electron chi connectivity index (χ4n) is 4.22. The lowest BCUT2D eigenvalue weighted by atomic mass is 9.86. The molecule has 3 heterocycles. The van der Waals surface area contributed by atoms with E-state index in [4.69, 9.17) is 4.74 Å². The molecule has 7 nitrogen and oxygen atoms in total. The van der Waals surface area contributed by atoms with Gasteiger partial charge in [-0.15, -0.1) is 0 Å². The second kappa shape index (κ2) is 8.29. The number of hydrogen-bond acceptors (Lipinski definition) is 5. The zero-order chi connectivity index (χ0) is 23.0. The number of hydrogen-bond donors (Lipinski definition) is 1. The number of aryl methyl sites for hydroxylation is 2. The van der Waals surface area contributed by atoms with Crippen LogP contribution in [0.3, 0.4) is 0 Å². The normalized spacial score (nSPS) is 17.9. The van der Waals surface area contributed by atoms with Gasteiger partial charge in [-0.2, -0.15) is 5.10 Å². The highest BCUT2D eigenvalue weighted by atomic mass is 19.1. The van der Waals surface area contributed by atoms with E-state index in [1.165, 1.54) is 12.1 Å². The predicted octanol–water partition coefficient (Wildman–Crippen LogP) is 4.12. The largest absolute Gasteiger partial charge is 0.495 e. The van der Waals surface area contributed by atoms with Crippen LogP contribution < -0.4 is 4.74 Å². The van der Waals surface area contributed by atoms with Crippen LogP contribution in [0.15, 0.2) is 55.0 Å². The number of methoxy groups -OCH3 is 1. The standard InChI is InChI=1S/C25H24FN5O2/c1-17-15-30(16-27-17)21-10-4-18(14-22(21)33-2)5-11-23-28-24-25(32,12-3-13-31(24)29-23)19-6-8-20(26)9-7-19/h4-11,14-16,32H,3,12-13H2,1-2H3/b11-5+. The highest BCUT2D eigenvalue weighted by molar-refractivity contribution is 5.69. The Bertz CT molecular complexity index is 1330. The van der Waals surface area contributed by atoms with E-state index in [1.807, 2.05) is 48.0 Å². The first-order valence-electron chi connectivity index (χ1n) is 10.8. The van der Waals surface area contributed by atoms with Gasteiger partial charge in [0, 0.05) is 12.7 Å². The van der Waals surface area contributed by atoms with E-state index in [1.54, 1.807) is 30.3 Å². The molecule has 2 aromatic carbocycles. The summed E-state index contributed by atoms with van der Waals surface area (Å²) >= 11 is 0. The van der Waals surface area contributed by atoms with Gasteiger partial charge in [-0.3, -0.25) is 0 Å². The average molecular weight is 445 g/mol. The zero-order valence-corrected chi connectivity index (χ0v) is 18.4. The smallest absolute Gasteiger partial charge is 0.174 e. The number of halogens is 1.